The van der Waals surface area contributed by atoms with Crippen LogP contribution in [-0.4, -0.2) is 0 Å². The van der Waals surface area contributed by atoms with E-state index in [1.54, 1.807) is 0 Å². The summed E-state index contributed by atoms with van der Waals surface area (Å²) in [6, 6.07) is 20.7. The highest BCUT2D eigenvalue weighted by Gasteiger charge is 2.06. The third kappa shape index (κ3) is 3.11. The summed E-state index contributed by atoms with van der Waals surface area (Å²) in [5.41, 5.74) is 2.56. The van der Waals surface area contributed by atoms with Crippen LogP contribution in [0.4, 0.5) is 0 Å². The fourth-order valence-corrected chi connectivity index (χ4v) is 2.02. The molecule has 0 aromatic heterocycles. The molecule has 0 aliphatic rings. The SMILES string of the molecule is ClC(CCc1ccccc1)c1ccccc1. The van der Waals surface area contributed by atoms with Crippen LogP contribution in [0.5, 0.6) is 0 Å². The van der Waals surface area contributed by atoms with E-state index in [0.717, 1.165) is 12.8 Å². The lowest BCUT2D eigenvalue weighted by atomic mass is 10.0. The molecule has 82 valence electrons. The average molecular weight is 231 g/mol. The Labute approximate surface area is 102 Å². The minimum atomic E-state index is 0.112. The Bertz CT molecular complexity index is 408. The third-order valence-corrected chi connectivity index (χ3v) is 3.16. The van der Waals surface area contributed by atoms with Gasteiger partial charge >= 0.3 is 0 Å². The largest absolute Gasteiger partial charge is 0.118 e. The van der Waals surface area contributed by atoms with E-state index in [4.69, 9.17) is 11.6 Å². The number of hydrogen-bond donors (Lipinski definition) is 0. The predicted octanol–water partition coefficient (Wildman–Crippen LogP) is 4.60. The third-order valence-electron chi connectivity index (χ3n) is 2.69. The number of alkyl halides is 1. The van der Waals surface area contributed by atoms with E-state index in [1.165, 1.54) is 11.1 Å². The predicted molar refractivity (Wildman–Crippen MR) is 69.8 cm³/mol. The molecule has 1 unspecified atom stereocenters. The Morgan fingerprint density at radius 1 is 0.812 bits per heavy atom. The van der Waals surface area contributed by atoms with Crippen molar-refractivity contribution in [2.45, 2.75) is 18.2 Å². The molecule has 2 rings (SSSR count). The lowest BCUT2D eigenvalue weighted by molar-refractivity contribution is 0.794. The van der Waals surface area contributed by atoms with Crippen LogP contribution in [0.3, 0.4) is 0 Å². The summed E-state index contributed by atoms with van der Waals surface area (Å²) in [7, 11) is 0. The first-order valence-electron chi connectivity index (χ1n) is 5.59. The van der Waals surface area contributed by atoms with Crippen molar-refractivity contribution in [2.24, 2.45) is 0 Å². The highest BCUT2D eigenvalue weighted by Crippen LogP contribution is 2.25. The van der Waals surface area contributed by atoms with Crippen LogP contribution in [0.2, 0.25) is 0 Å². The van der Waals surface area contributed by atoms with E-state index >= 15 is 0 Å². The van der Waals surface area contributed by atoms with Crippen LogP contribution < -0.4 is 0 Å². The molecular formula is C15H15Cl. The molecule has 0 saturated heterocycles. The molecular weight excluding hydrogens is 216 g/mol. The van der Waals surface area contributed by atoms with Gasteiger partial charge in [0.25, 0.3) is 0 Å². The summed E-state index contributed by atoms with van der Waals surface area (Å²) < 4.78 is 0. The van der Waals surface area contributed by atoms with Crippen LogP contribution in [0.1, 0.15) is 22.9 Å². The molecule has 1 heteroatoms. The van der Waals surface area contributed by atoms with Crippen LogP contribution in [0, 0.1) is 0 Å². The maximum absolute atomic E-state index is 6.36. The second-order valence-electron chi connectivity index (χ2n) is 3.90. The Morgan fingerprint density at radius 2 is 1.38 bits per heavy atom. The van der Waals surface area contributed by atoms with Crippen molar-refractivity contribution in [3.63, 3.8) is 0 Å². The molecule has 2 aromatic rings. The van der Waals surface area contributed by atoms with Gasteiger partial charge < -0.3 is 0 Å². The van der Waals surface area contributed by atoms with Crippen LogP contribution in [0.15, 0.2) is 60.7 Å². The fourth-order valence-electron chi connectivity index (χ4n) is 1.77. The van der Waals surface area contributed by atoms with E-state index in [9.17, 15) is 0 Å². The summed E-state index contributed by atoms with van der Waals surface area (Å²) in [4.78, 5) is 0. The van der Waals surface area contributed by atoms with Gasteiger partial charge in [-0.2, -0.15) is 0 Å². The van der Waals surface area contributed by atoms with Gasteiger partial charge in [-0.1, -0.05) is 60.7 Å². The average Bonchev–Trinajstić information content (AvgIpc) is 2.38. The Kier molecular flexibility index (Phi) is 4.01. The first kappa shape index (κ1) is 11.2. The van der Waals surface area contributed by atoms with Gasteiger partial charge in [-0.25, -0.2) is 0 Å². The summed E-state index contributed by atoms with van der Waals surface area (Å²) >= 11 is 6.36. The van der Waals surface area contributed by atoms with Gasteiger partial charge in [-0.05, 0) is 24.0 Å². The van der Waals surface area contributed by atoms with Gasteiger partial charge in [0.2, 0.25) is 0 Å². The number of aryl methyl sites for hydroxylation is 1. The highest BCUT2D eigenvalue weighted by atomic mass is 35.5. The normalized spacial score (nSPS) is 12.3. The second kappa shape index (κ2) is 5.72. The number of hydrogen-bond acceptors (Lipinski definition) is 0. The van der Waals surface area contributed by atoms with Gasteiger partial charge in [-0.3, -0.25) is 0 Å². The lowest BCUT2D eigenvalue weighted by Crippen LogP contribution is -1.93. The smallest absolute Gasteiger partial charge is 0.0588 e. The van der Waals surface area contributed by atoms with Crippen molar-refractivity contribution in [1.82, 2.24) is 0 Å². The Balaban J connectivity index is 1.92. The monoisotopic (exact) mass is 230 g/mol. The standard InChI is InChI=1S/C15H15Cl/c16-15(14-9-5-2-6-10-14)12-11-13-7-3-1-4-8-13/h1-10,15H,11-12H2. The Morgan fingerprint density at radius 3 is 2.00 bits per heavy atom. The number of halogens is 1. The zero-order valence-corrected chi connectivity index (χ0v) is 9.90. The molecule has 0 bridgehead atoms. The molecule has 0 saturated carbocycles. The summed E-state index contributed by atoms with van der Waals surface area (Å²) in [5.74, 6) is 0. The van der Waals surface area contributed by atoms with E-state index < -0.39 is 0 Å². The van der Waals surface area contributed by atoms with E-state index in [0.29, 0.717) is 0 Å². The van der Waals surface area contributed by atoms with Crippen molar-refractivity contribution in [3.05, 3.63) is 71.8 Å². The van der Waals surface area contributed by atoms with Crippen LogP contribution in [-0.2, 0) is 6.42 Å². The maximum Gasteiger partial charge on any atom is 0.0588 e. The molecule has 0 fully saturated rings. The summed E-state index contributed by atoms with van der Waals surface area (Å²) in [6.45, 7) is 0. The van der Waals surface area contributed by atoms with Crippen LogP contribution >= 0.6 is 11.6 Å². The van der Waals surface area contributed by atoms with Gasteiger partial charge in [0.15, 0.2) is 0 Å². The number of rotatable bonds is 4. The van der Waals surface area contributed by atoms with Crippen LogP contribution in [0.25, 0.3) is 0 Å². The summed E-state index contributed by atoms with van der Waals surface area (Å²) in [6.07, 6.45) is 2.01. The zero-order chi connectivity index (χ0) is 11.2. The summed E-state index contributed by atoms with van der Waals surface area (Å²) in [5, 5.41) is 0.112. The van der Waals surface area contributed by atoms with Crippen molar-refractivity contribution < 1.29 is 0 Å². The molecule has 0 spiro atoms. The maximum atomic E-state index is 6.36. The topological polar surface area (TPSA) is 0 Å². The number of benzene rings is 2. The second-order valence-corrected chi connectivity index (χ2v) is 4.43. The molecule has 2 aromatic carbocycles. The van der Waals surface area contributed by atoms with Crippen molar-refractivity contribution >= 4 is 11.6 Å². The van der Waals surface area contributed by atoms with Crippen molar-refractivity contribution in [2.75, 3.05) is 0 Å². The molecule has 0 N–H and O–H groups in total. The Hall–Kier alpha value is -1.27. The van der Waals surface area contributed by atoms with E-state index in [1.807, 2.05) is 24.3 Å². The minimum absolute atomic E-state index is 0.112. The van der Waals surface area contributed by atoms with E-state index in [-0.39, 0.29) is 5.38 Å². The molecule has 0 heterocycles. The zero-order valence-electron chi connectivity index (χ0n) is 9.14. The highest BCUT2D eigenvalue weighted by molar-refractivity contribution is 6.20. The first-order valence-corrected chi connectivity index (χ1v) is 6.03. The van der Waals surface area contributed by atoms with Gasteiger partial charge in [0, 0.05) is 0 Å². The van der Waals surface area contributed by atoms with Crippen molar-refractivity contribution in [3.8, 4) is 0 Å². The molecule has 16 heavy (non-hydrogen) atoms. The molecule has 0 aliphatic heterocycles. The lowest BCUT2D eigenvalue weighted by Gasteiger charge is -2.09. The molecule has 0 amide bonds. The molecule has 0 radical (unpaired) electrons. The molecule has 0 aliphatic carbocycles. The quantitative estimate of drug-likeness (QED) is 0.674. The minimum Gasteiger partial charge on any atom is -0.118 e. The van der Waals surface area contributed by atoms with Gasteiger partial charge in [0.1, 0.15) is 0 Å². The van der Waals surface area contributed by atoms with Crippen molar-refractivity contribution in [1.29, 1.82) is 0 Å². The van der Waals surface area contributed by atoms with E-state index in [2.05, 4.69) is 36.4 Å². The molecule has 0 nitrogen and oxygen atoms in total. The molecule has 1 atom stereocenters. The van der Waals surface area contributed by atoms with Gasteiger partial charge in [0.05, 0.1) is 5.38 Å². The first-order chi connectivity index (χ1) is 7.86. The van der Waals surface area contributed by atoms with Gasteiger partial charge in [-0.15, -0.1) is 11.6 Å². The fraction of sp³-hybridized carbons (Fsp3) is 0.200.